The summed E-state index contributed by atoms with van der Waals surface area (Å²) in [5, 5.41) is 6.08. The Morgan fingerprint density at radius 3 is 2.50 bits per heavy atom. The van der Waals surface area contributed by atoms with E-state index in [1.54, 1.807) is 50.5 Å². The molecule has 0 unspecified atom stereocenters. The van der Waals surface area contributed by atoms with Gasteiger partial charge in [-0.05, 0) is 45.4 Å². The van der Waals surface area contributed by atoms with Crippen molar-refractivity contribution < 1.29 is 14.3 Å². The number of H-pyrrole nitrogens is 2. The van der Waals surface area contributed by atoms with Gasteiger partial charge in [0.15, 0.2) is 0 Å². The monoisotopic (exact) mass is 468 g/mol. The largest absolute Gasteiger partial charge is 0.444 e. The van der Waals surface area contributed by atoms with Crippen LogP contribution in [0.3, 0.4) is 0 Å². The minimum absolute atomic E-state index is 0.203. The van der Waals surface area contributed by atoms with Crippen molar-refractivity contribution in [2.24, 2.45) is 0 Å². The van der Waals surface area contributed by atoms with Crippen LogP contribution in [0.2, 0.25) is 0 Å². The number of carbonyl (C=O) groups excluding carboxylic acids is 2. The van der Waals surface area contributed by atoms with E-state index in [-0.39, 0.29) is 18.1 Å². The topological polar surface area (TPSA) is 141 Å². The molecule has 0 spiro atoms. The molecule has 3 heterocycles. The van der Waals surface area contributed by atoms with Crippen LogP contribution in [0.5, 0.6) is 0 Å². The van der Waals surface area contributed by atoms with Crippen molar-refractivity contribution in [1.29, 1.82) is 0 Å². The molecule has 0 aliphatic carbocycles. The number of aromatic amines is 2. The van der Waals surface area contributed by atoms with Crippen molar-refractivity contribution in [3.05, 3.63) is 59.8 Å². The fraction of sp³-hybridized carbons (Fsp3) is 0.435. The first-order valence-electron chi connectivity index (χ1n) is 11.2. The number of hydrogen-bond acceptors (Lipinski definition) is 7. The third kappa shape index (κ3) is 7.41. The van der Waals surface area contributed by atoms with Crippen LogP contribution < -0.4 is 15.5 Å². The fourth-order valence-corrected chi connectivity index (χ4v) is 3.26. The molecule has 0 radical (unpaired) electrons. The minimum Gasteiger partial charge on any atom is -0.444 e. The molecule has 0 fully saturated rings. The second-order valence-electron chi connectivity index (χ2n) is 8.70. The molecule has 182 valence electrons. The highest BCUT2D eigenvalue weighted by molar-refractivity contribution is 6.04. The maximum Gasteiger partial charge on any atom is 0.407 e. The van der Waals surface area contributed by atoms with Crippen molar-refractivity contribution in [2.45, 2.75) is 52.8 Å². The highest BCUT2D eigenvalue weighted by atomic mass is 16.6. The Labute approximate surface area is 198 Å². The lowest BCUT2D eigenvalue weighted by atomic mass is 10.1. The Kier molecular flexibility index (Phi) is 8.36. The first-order chi connectivity index (χ1) is 16.2. The second kappa shape index (κ2) is 11.4. The van der Waals surface area contributed by atoms with E-state index >= 15 is 0 Å². The molecular weight excluding hydrogens is 436 g/mol. The van der Waals surface area contributed by atoms with Gasteiger partial charge in [-0.25, -0.2) is 19.7 Å². The number of nitrogens with one attached hydrogen (secondary N) is 4. The zero-order valence-corrected chi connectivity index (χ0v) is 20.0. The highest BCUT2D eigenvalue weighted by Gasteiger charge is 2.21. The van der Waals surface area contributed by atoms with Gasteiger partial charge in [-0.2, -0.15) is 0 Å². The van der Waals surface area contributed by atoms with Crippen LogP contribution in [-0.4, -0.2) is 55.6 Å². The van der Waals surface area contributed by atoms with Gasteiger partial charge in [-0.15, -0.1) is 0 Å². The smallest absolute Gasteiger partial charge is 0.407 e. The summed E-state index contributed by atoms with van der Waals surface area (Å²) in [7, 11) is 0. The first-order valence-corrected chi connectivity index (χ1v) is 11.2. The number of pyridine rings is 1. The van der Waals surface area contributed by atoms with Gasteiger partial charge in [0.05, 0.1) is 24.5 Å². The summed E-state index contributed by atoms with van der Waals surface area (Å²) in [6.45, 7) is 9.11. The third-order valence-electron chi connectivity index (χ3n) is 4.76. The lowest BCUT2D eigenvalue weighted by Crippen LogP contribution is -2.33. The molecule has 0 aliphatic rings. The number of hydrogen-bond donors (Lipinski definition) is 4. The highest BCUT2D eigenvalue weighted by Crippen LogP contribution is 2.15. The molecule has 3 aromatic rings. The van der Waals surface area contributed by atoms with Crippen LogP contribution in [0.1, 0.15) is 55.1 Å². The van der Waals surface area contributed by atoms with Gasteiger partial charge in [0.25, 0.3) is 5.91 Å². The molecule has 3 aromatic heterocycles. The number of carbonyl (C=O) groups is 2. The average molecular weight is 469 g/mol. The molecule has 2 amide bonds. The number of alkyl carbamates (subject to hydrolysis) is 1. The van der Waals surface area contributed by atoms with Gasteiger partial charge < -0.3 is 25.3 Å². The Balaban J connectivity index is 1.74. The quantitative estimate of drug-likeness (QED) is 0.335. The van der Waals surface area contributed by atoms with E-state index < -0.39 is 11.7 Å². The second-order valence-corrected chi connectivity index (χ2v) is 8.70. The molecule has 11 nitrogen and oxygen atoms in total. The van der Waals surface area contributed by atoms with Gasteiger partial charge in [-0.3, -0.25) is 9.69 Å². The molecule has 3 rings (SSSR count). The van der Waals surface area contributed by atoms with E-state index in [4.69, 9.17) is 4.74 Å². The van der Waals surface area contributed by atoms with E-state index in [1.807, 2.05) is 13.0 Å². The number of ether oxygens (including phenoxy) is 1. The Hall–Kier alpha value is -3.73. The maximum atomic E-state index is 13.3. The summed E-state index contributed by atoms with van der Waals surface area (Å²) in [4.78, 5) is 45.6. The number of rotatable bonds is 10. The van der Waals surface area contributed by atoms with Gasteiger partial charge in [0.2, 0.25) is 0 Å². The minimum atomic E-state index is -0.598. The summed E-state index contributed by atoms with van der Waals surface area (Å²) >= 11 is 0. The van der Waals surface area contributed by atoms with E-state index in [2.05, 4.69) is 35.6 Å². The summed E-state index contributed by atoms with van der Waals surface area (Å²) in [6, 6.07) is 3.55. The van der Waals surface area contributed by atoms with Crippen LogP contribution in [0, 0.1) is 0 Å². The molecule has 0 saturated heterocycles. The van der Waals surface area contributed by atoms with E-state index in [1.165, 1.54) is 6.33 Å². The van der Waals surface area contributed by atoms with Crippen molar-refractivity contribution in [3.8, 4) is 0 Å². The Bertz CT molecular complexity index is 1060. The molecule has 0 atom stereocenters. The summed E-state index contributed by atoms with van der Waals surface area (Å²) in [5.74, 6) is 0.329. The van der Waals surface area contributed by atoms with Crippen molar-refractivity contribution in [1.82, 2.24) is 35.6 Å². The van der Waals surface area contributed by atoms with Gasteiger partial charge in [-0.1, -0.05) is 0 Å². The van der Waals surface area contributed by atoms with E-state index in [0.717, 1.165) is 17.7 Å². The predicted octanol–water partition coefficient (Wildman–Crippen LogP) is 2.55. The lowest BCUT2D eigenvalue weighted by molar-refractivity contribution is 0.0523. The first kappa shape index (κ1) is 24.9. The average Bonchev–Trinajstić information content (AvgIpc) is 3.49. The molecule has 0 bridgehead atoms. The zero-order chi connectivity index (χ0) is 24.6. The Morgan fingerprint density at radius 2 is 1.85 bits per heavy atom. The molecule has 0 saturated carbocycles. The third-order valence-corrected chi connectivity index (χ3v) is 4.76. The number of amides is 2. The van der Waals surface area contributed by atoms with Crippen molar-refractivity contribution in [2.75, 3.05) is 18.0 Å². The molecular formula is C23H32N8O3. The predicted molar refractivity (Wildman–Crippen MR) is 127 cm³/mol. The fourth-order valence-electron chi connectivity index (χ4n) is 3.26. The normalized spacial score (nSPS) is 11.3. The number of aromatic nitrogens is 5. The van der Waals surface area contributed by atoms with E-state index in [9.17, 15) is 9.59 Å². The van der Waals surface area contributed by atoms with Crippen LogP contribution in [0.25, 0.3) is 0 Å². The molecule has 11 heteroatoms. The maximum absolute atomic E-state index is 13.3. The number of anilines is 1. The van der Waals surface area contributed by atoms with Crippen molar-refractivity contribution in [3.63, 3.8) is 0 Å². The van der Waals surface area contributed by atoms with Gasteiger partial charge in [0.1, 0.15) is 17.1 Å². The molecule has 4 N–H and O–H groups in total. The summed E-state index contributed by atoms with van der Waals surface area (Å²) < 4.78 is 5.31. The molecule has 34 heavy (non-hydrogen) atoms. The van der Waals surface area contributed by atoms with Gasteiger partial charge in [0, 0.05) is 44.5 Å². The molecule has 0 aromatic carbocycles. The van der Waals surface area contributed by atoms with Crippen LogP contribution in [-0.2, 0) is 24.2 Å². The van der Waals surface area contributed by atoms with Crippen LogP contribution in [0.15, 0.2) is 37.2 Å². The van der Waals surface area contributed by atoms with Crippen molar-refractivity contribution >= 4 is 17.8 Å². The SMILES string of the molecule is CCN(C(=O)c1cc(CNC(=O)OC(C)(C)C)cc(CNCCc2cnc[nH]2)n1)c1cnc[nH]1. The standard InChI is InChI=1S/C23H32N8O3/c1-5-31(20-13-26-15-29-20)21(32)19-9-16(10-27-22(33)34-23(2,3)4)8-18(30-19)12-24-7-6-17-11-25-14-28-17/h8-9,11,13-15,24H,5-7,10,12H2,1-4H3,(H,25,28)(H,26,29)(H,27,33). The van der Waals surface area contributed by atoms with Crippen LogP contribution >= 0.6 is 0 Å². The number of nitrogens with zero attached hydrogens (tertiary/aromatic N) is 4. The van der Waals surface area contributed by atoms with Gasteiger partial charge >= 0.3 is 6.09 Å². The summed E-state index contributed by atoms with van der Waals surface area (Å²) in [5.41, 5.74) is 2.15. The number of imidazole rings is 2. The Morgan fingerprint density at radius 1 is 1.09 bits per heavy atom. The lowest BCUT2D eigenvalue weighted by Gasteiger charge is -2.20. The molecule has 0 aliphatic heterocycles. The zero-order valence-electron chi connectivity index (χ0n) is 20.0. The summed E-state index contributed by atoms with van der Waals surface area (Å²) in [6.07, 6.45) is 6.81. The van der Waals surface area contributed by atoms with Crippen LogP contribution in [0.4, 0.5) is 10.6 Å². The van der Waals surface area contributed by atoms with E-state index in [0.29, 0.717) is 31.1 Å².